The number of thiophene rings is 1. The predicted octanol–water partition coefficient (Wildman–Crippen LogP) is 10.8. The number of benzene rings is 6. The average Bonchev–Trinajstić information content (AvgIpc) is 3.56. The Morgan fingerprint density at radius 3 is 1.85 bits per heavy atom. The minimum Gasteiger partial charge on any atom is -0.354 e. The molecular formula is C36H24N2S. The largest absolute Gasteiger partial charge is 0.354 e. The van der Waals surface area contributed by atoms with Gasteiger partial charge in [-0.05, 0) is 59.7 Å². The minimum atomic E-state index is 1.13. The highest BCUT2D eigenvalue weighted by atomic mass is 32.1. The molecule has 0 saturated heterocycles. The molecule has 3 heteroatoms. The van der Waals surface area contributed by atoms with Crippen LogP contribution >= 0.6 is 11.3 Å². The molecule has 39 heavy (non-hydrogen) atoms. The Labute approximate surface area is 230 Å². The molecule has 2 heterocycles. The van der Waals surface area contributed by atoms with Crippen molar-refractivity contribution in [2.45, 2.75) is 0 Å². The zero-order chi connectivity index (χ0) is 25.8. The van der Waals surface area contributed by atoms with Crippen LogP contribution in [0.4, 0.5) is 17.1 Å². The van der Waals surface area contributed by atoms with Gasteiger partial charge < -0.3 is 9.88 Å². The van der Waals surface area contributed by atoms with Crippen LogP contribution in [-0.4, -0.2) is 4.98 Å². The fraction of sp³-hybridized carbons (Fsp3) is 0. The average molecular weight is 517 g/mol. The third kappa shape index (κ3) is 3.70. The second-order valence-corrected chi connectivity index (χ2v) is 11.0. The van der Waals surface area contributed by atoms with E-state index < -0.39 is 0 Å². The standard InChI is InChI=1S/C36H24N2S/c1-2-8-24(9-3-1)25-14-16-26(17-15-25)38(27-18-20-30-29-10-4-6-12-33(29)37-34(30)22-27)28-19-21-32-31-11-5-7-13-35(31)39-36(32)23-28/h1-23,37H. The second-order valence-electron chi connectivity index (χ2n) is 9.93. The molecule has 0 aliphatic heterocycles. The van der Waals surface area contributed by atoms with Crippen LogP contribution in [0.3, 0.4) is 0 Å². The van der Waals surface area contributed by atoms with Gasteiger partial charge in [0.05, 0.1) is 0 Å². The van der Waals surface area contributed by atoms with Gasteiger partial charge in [-0.2, -0.15) is 0 Å². The summed E-state index contributed by atoms with van der Waals surface area (Å²) in [5.41, 5.74) is 8.15. The van der Waals surface area contributed by atoms with Gasteiger partial charge in [-0.3, -0.25) is 0 Å². The van der Waals surface area contributed by atoms with E-state index in [0.717, 1.165) is 28.1 Å². The van der Waals surface area contributed by atoms with Crippen molar-refractivity contribution in [1.29, 1.82) is 0 Å². The number of para-hydroxylation sites is 1. The van der Waals surface area contributed by atoms with Crippen molar-refractivity contribution < 1.29 is 0 Å². The van der Waals surface area contributed by atoms with Crippen molar-refractivity contribution in [2.75, 3.05) is 4.90 Å². The molecule has 0 aliphatic rings. The number of rotatable bonds is 4. The number of aromatic nitrogens is 1. The highest BCUT2D eigenvalue weighted by Crippen LogP contribution is 2.42. The van der Waals surface area contributed by atoms with Gasteiger partial charge >= 0.3 is 0 Å². The van der Waals surface area contributed by atoms with Gasteiger partial charge in [-0.1, -0.05) is 91.0 Å². The molecule has 0 spiro atoms. The van der Waals surface area contributed by atoms with Gasteiger partial charge in [-0.15, -0.1) is 11.3 Å². The summed E-state index contributed by atoms with van der Waals surface area (Å²) in [6.07, 6.45) is 0. The van der Waals surface area contributed by atoms with Crippen LogP contribution in [0.5, 0.6) is 0 Å². The highest BCUT2D eigenvalue weighted by molar-refractivity contribution is 7.25. The van der Waals surface area contributed by atoms with Crippen LogP contribution in [0.25, 0.3) is 53.1 Å². The Kier molecular flexibility index (Phi) is 5.04. The topological polar surface area (TPSA) is 19.0 Å². The first kappa shape index (κ1) is 22.2. The maximum absolute atomic E-state index is 3.63. The molecule has 184 valence electrons. The van der Waals surface area contributed by atoms with E-state index in [9.17, 15) is 0 Å². The molecule has 0 radical (unpaired) electrons. The number of H-pyrrole nitrogens is 1. The van der Waals surface area contributed by atoms with E-state index in [1.807, 2.05) is 11.3 Å². The van der Waals surface area contributed by atoms with Crippen LogP contribution in [0.15, 0.2) is 140 Å². The molecule has 0 unspecified atom stereocenters. The summed E-state index contributed by atoms with van der Waals surface area (Å²) < 4.78 is 2.62. The fourth-order valence-corrected chi connectivity index (χ4v) is 6.86. The summed E-state index contributed by atoms with van der Waals surface area (Å²) in [5.74, 6) is 0. The summed E-state index contributed by atoms with van der Waals surface area (Å²) in [4.78, 5) is 5.99. The molecule has 0 amide bonds. The van der Waals surface area contributed by atoms with Crippen molar-refractivity contribution in [3.8, 4) is 11.1 Å². The fourth-order valence-electron chi connectivity index (χ4n) is 5.72. The molecule has 2 aromatic heterocycles. The molecule has 0 saturated carbocycles. The number of hydrogen-bond donors (Lipinski definition) is 1. The first-order chi connectivity index (χ1) is 19.3. The normalized spacial score (nSPS) is 11.6. The molecule has 2 nitrogen and oxygen atoms in total. The summed E-state index contributed by atoms with van der Waals surface area (Å²) in [6.45, 7) is 0. The zero-order valence-corrected chi connectivity index (χ0v) is 22.0. The zero-order valence-electron chi connectivity index (χ0n) is 21.1. The number of nitrogens with zero attached hydrogens (tertiary/aromatic N) is 1. The molecule has 0 fully saturated rings. The lowest BCUT2D eigenvalue weighted by Gasteiger charge is -2.26. The van der Waals surface area contributed by atoms with Gasteiger partial charge in [0, 0.05) is 59.0 Å². The van der Waals surface area contributed by atoms with Crippen molar-refractivity contribution in [3.63, 3.8) is 0 Å². The maximum atomic E-state index is 3.63. The van der Waals surface area contributed by atoms with E-state index in [1.165, 1.54) is 42.1 Å². The van der Waals surface area contributed by atoms with Gasteiger partial charge in [-0.25, -0.2) is 0 Å². The summed E-state index contributed by atoms with van der Waals surface area (Å²) >= 11 is 1.86. The second kappa shape index (κ2) is 8.87. The first-order valence-corrected chi connectivity index (χ1v) is 14.0. The highest BCUT2D eigenvalue weighted by Gasteiger charge is 2.16. The smallest absolute Gasteiger partial charge is 0.0485 e. The van der Waals surface area contributed by atoms with E-state index in [4.69, 9.17) is 0 Å². The number of anilines is 3. The van der Waals surface area contributed by atoms with Crippen LogP contribution in [-0.2, 0) is 0 Å². The lowest BCUT2D eigenvalue weighted by molar-refractivity contribution is 1.29. The molecule has 0 aliphatic carbocycles. The molecule has 8 aromatic rings. The molecular weight excluding hydrogens is 492 g/mol. The Bertz CT molecular complexity index is 2000. The van der Waals surface area contributed by atoms with Gasteiger partial charge in [0.25, 0.3) is 0 Å². The molecule has 0 bridgehead atoms. The monoisotopic (exact) mass is 516 g/mol. The van der Waals surface area contributed by atoms with Gasteiger partial charge in [0.1, 0.15) is 0 Å². The van der Waals surface area contributed by atoms with E-state index in [0.29, 0.717) is 0 Å². The van der Waals surface area contributed by atoms with Crippen molar-refractivity contribution in [3.05, 3.63) is 140 Å². The van der Waals surface area contributed by atoms with Crippen LogP contribution in [0.2, 0.25) is 0 Å². The molecule has 0 atom stereocenters. The molecule has 8 rings (SSSR count). The Hall–Kier alpha value is -4.86. The lowest BCUT2D eigenvalue weighted by Crippen LogP contribution is -2.09. The summed E-state index contributed by atoms with van der Waals surface area (Å²) in [5, 5.41) is 5.13. The SMILES string of the molecule is c1ccc(-c2ccc(N(c3ccc4c(c3)[nH]c3ccccc34)c3ccc4c(c3)sc3ccccc34)cc2)cc1. The van der Waals surface area contributed by atoms with Gasteiger partial charge in [0.15, 0.2) is 0 Å². The third-order valence-corrected chi connectivity index (χ3v) is 8.73. The number of fused-ring (bicyclic) bond motifs is 6. The van der Waals surface area contributed by atoms with E-state index in [1.54, 1.807) is 0 Å². The van der Waals surface area contributed by atoms with E-state index in [2.05, 4.69) is 149 Å². The summed E-state index contributed by atoms with van der Waals surface area (Å²) in [6, 6.07) is 50.3. The minimum absolute atomic E-state index is 1.13. The van der Waals surface area contributed by atoms with Crippen LogP contribution in [0.1, 0.15) is 0 Å². The van der Waals surface area contributed by atoms with E-state index >= 15 is 0 Å². The lowest BCUT2D eigenvalue weighted by atomic mass is 10.0. The van der Waals surface area contributed by atoms with E-state index in [-0.39, 0.29) is 0 Å². The molecule has 1 N–H and O–H groups in total. The van der Waals surface area contributed by atoms with Gasteiger partial charge in [0.2, 0.25) is 0 Å². The quantitative estimate of drug-likeness (QED) is 0.246. The van der Waals surface area contributed by atoms with Crippen molar-refractivity contribution in [2.24, 2.45) is 0 Å². The number of aromatic amines is 1. The number of hydrogen-bond acceptors (Lipinski definition) is 2. The number of nitrogens with one attached hydrogen (secondary N) is 1. The molecule has 6 aromatic carbocycles. The Morgan fingerprint density at radius 2 is 1.00 bits per heavy atom. The van der Waals surface area contributed by atoms with Crippen molar-refractivity contribution in [1.82, 2.24) is 4.98 Å². The van der Waals surface area contributed by atoms with Crippen LogP contribution < -0.4 is 4.90 Å². The first-order valence-electron chi connectivity index (χ1n) is 13.2. The third-order valence-electron chi connectivity index (χ3n) is 7.60. The predicted molar refractivity (Wildman–Crippen MR) is 169 cm³/mol. The Balaban J connectivity index is 1.31. The van der Waals surface area contributed by atoms with Crippen LogP contribution in [0, 0.1) is 0 Å². The Morgan fingerprint density at radius 1 is 0.410 bits per heavy atom. The summed E-state index contributed by atoms with van der Waals surface area (Å²) in [7, 11) is 0. The van der Waals surface area contributed by atoms with Crippen molar-refractivity contribution >= 4 is 70.4 Å². The maximum Gasteiger partial charge on any atom is 0.0485 e.